The first-order chi connectivity index (χ1) is 21.4. The van der Waals surface area contributed by atoms with Crippen LogP contribution in [0.4, 0.5) is 10.1 Å². The number of pyridine rings is 1. The van der Waals surface area contributed by atoms with E-state index in [1.807, 2.05) is 28.9 Å². The van der Waals surface area contributed by atoms with Crippen molar-refractivity contribution in [3.8, 4) is 0 Å². The minimum Gasteiger partial charge on any atom is -0.378 e. The van der Waals surface area contributed by atoms with Crippen molar-refractivity contribution in [3.05, 3.63) is 94.1 Å². The van der Waals surface area contributed by atoms with Crippen LogP contribution in [0.5, 0.6) is 0 Å². The van der Waals surface area contributed by atoms with E-state index in [2.05, 4.69) is 77.7 Å². The van der Waals surface area contributed by atoms with Gasteiger partial charge in [-0.3, -0.25) is 9.59 Å². The molecule has 0 atom stereocenters. The first kappa shape index (κ1) is 35.9. The van der Waals surface area contributed by atoms with Gasteiger partial charge in [-0.25, -0.2) is 4.98 Å². The standard InChI is InChI=1S/C15H21NO2.C15H21NO.C8H10FN/c1-11(2)13-5-4-12(3)14(10-13)15(17)16-6-8-18-9-7-16;1-11(2)13-8-7-12(3)14(10-13)16-9-5-4-6-15(16)17;1-6(2)7-3-4-8(9)10-5-7/h4-5,10-11H,6-9H2,1-3H3;7-8,10-11H,4-6,9H2,1-3H3;3-6H,1-2H3. The maximum Gasteiger partial charge on any atom is 0.254 e. The van der Waals surface area contributed by atoms with Crippen molar-refractivity contribution < 1.29 is 18.7 Å². The van der Waals surface area contributed by atoms with Crippen LogP contribution in [-0.4, -0.2) is 54.5 Å². The third-order valence-electron chi connectivity index (χ3n) is 8.39. The molecular weight excluding hydrogens is 565 g/mol. The second-order valence-electron chi connectivity index (χ2n) is 12.9. The van der Waals surface area contributed by atoms with E-state index in [1.165, 1.54) is 22.8 Å². The molecule has 0 unspecified atom stereocenters. The summed E-state index contributed by atoms with van der Waals surface area (Å²) in [4.78, 5) is 31.8. The molecule has 7 heteroatoms. The molecule has 0 saturated carbocycles. The minimum atomic E-state index is -0.413. The van der Waals surface area contributed by atoms with Crippen LogP contribution in [0, 0.1) is 19.8 Å². The molecule has 3 aromatic rings. The molecule has 3 heterocycles. The molecular formula is C38H52FN3O3. The molecule has 1 aromatic heterocycles. The van der Waals surface area contributed by atoms with Crippen LogP contribution in [0.3, 0.4) is 0 Å². The summed E-state index contributed by atoms with van der Waals surface area (Å²) in [6, 6.07) is 15.8. The van der Waals surface area contributed by atoms with Crippen molar-refractivity contribution in [2.75, 3.05) is 37.7 Å². The number of amides is 2. The van der Waals surface area contributed by atoms with Crippen molar-refractivity contribution in [2.24, 2.45) is 0 Å². The molecule has 6 nitrogen and oxygen atoms in total. The van der Waals surface area contributed by atoms with Crippen LogP contribution in [0.15, 0.2) is 54.7 Å². The fraction of sp³-hybridized carbons (Fsp3) is 0.500. The van der Waals surface area contributed by atoms with Crippen LogP contribution in [0.2, 0.25) is 0 Å². The van der Waals surface area contributed by atoms with E-state index in [-0.39, 0.29) is 11.8 Å². The average Bonchev–Trinajstić information content (AvgIpc) is 3.02. The summed E-state index contributed by atoms with van der Waals surface area (Å²) in [5.41, 5.74) is 7.80. The number of nitrogens with zero attached hydrogens (tertiary/aromatic N) is 3. The normalized spacial score (nSPS) is 15.1. The Morgan fingerprint density at radius 2 is 1.36 bits per heavy atom. The van der Waals surface area contributed by atoms with E-state index < -0.39 is 5.95 Å². The zero-order valence-electron chi connectivity index (χ0n) is 28.5. The predicted molar refractivity (Wildman–Crippen MR) is 182 cm³/mol. The molecule has 2 saturated heterocycles. The fourth-order valence-electron chi connectivity index (χ4n) is 5.23. The predicted octanol–water partition coefficient (Wildman–Crippen LogP) is 8.57. The molecule has 0 aliphatic carbocycles. The monoisotopic (exact) mass is 617 g/mol. The van der Waals surface area contributed by atoms with E-state index in [9.17, 15) is 14.0 Å². The van der Waals surface area contributed by atoms with Crippen molar-refractivity contribution in [1.82, 2.24) is 9.88 Å². The third-order valence-corrected chi connectivity index (χ3v) is 8.39. The number of carbonyl (C=O) groups is 2. The van der Waals surface area contributed by atoms with Gasteiger partial charge in [-0.15, -0.1) is 0 Å². The van der Waals surface area contributed by atoms with Gasteiger partial charge in [0, 0.05) is 43.5 Å². The quantitative estimate of drug-likeness (QED) is 0.269. The van der Waals surface area contributed by atoms with E-state index in [0.717, 1.165) is 41.8 Å². The molecule has 2 aliphatic heterocycles. The number of benzene rings is 2. The number of ether oxygens (including phenoxy) is 1. The molecule has 2 fully saturated rings. The number of halogens is 1. The summed E-state index contributed by atoms with van der Waals surface area (Å²) in [5, 5.41) is 0. The number of hydrogen-bond donors (Lipinski definition) is 0. The van der Waals surface area contributed by atoms with Gasteiger partial charge in [0.25, 0.3) is 5.91 Å². The molecule has 0 N–H and O–H groups in total. The highest BCUT2D eigenvalue weighted by Gasteiger charge is 2.22. The number of anilines is 1. The topological polar surface area (TPSA) is 62.7 Å². The average molecular weight is 618 g/mol. The van der Waals surface area contributed by atoms with Gasteiger partial charge >= 0.3 is 0 Å². The van der Waals surface area contributed by atoms with Crippen molar-refractivity contribution >= 4 is 17.5 Å². The van der Waals surface area contributed by atoms with Crippen LogP contribution in [0.1, 0.15) is 117 Å². The number of rotatable bonds is 5. The van der Waals surface area contributed by atoms with Gasteiger partial charge in [0.05, 0.1) is 13.2 Å². The van der Waals surface area contributed by atoms with Gasteiger partial charge in [0.1, 0.15) is 0 Å². The molecule has 0 spiro atoms. The first-order valence-corrected chi connectivity index (χ1v) is 16.4. The van der Waals surface area contributed by atoms with Crippen LogP contribution in [0.25, 0.3) is 0 Å². The van der Waals surface area contributed by atoms with E-state index in [1.54, 1.807) is 12.3 Å². The molecule has 5 rings (SSSR count). The number of morpholine rings is 1. The molecule has 0 bridgehead atoms. The number of piperidine rings is 1. The van der Waals surface area contributed by atoms with Crippen LogP contribution < -0.4 is 4.90 Å². The molecule has 244 valence electrons. The Morgan fingerprint density at radius 1 is 0.778 bits per heavy atom. The highest BCUT2D eigenvalue weighted by molar-refractivity contribution is 5.96. The zero-order valence-corrected chi connectivity index (χ0v) is 28.5. The Kier molecular flexibility index (Phi) is 13.7. The molecule has 2 amide bonds. The summed E-state index contributed by atoms with van der Waals surface area (Å²) in [6.45, 7) is 20.4. The summed E-state index contributed by atoms with van der Waals surface area (Å²) in [7, 11) is 0. The minimum absolute atomic E-state index is 0.137. The lowest BCUT2D eigenvalue weighted by atomic mass is 9.97. The summed E-state index contributed by atoms with van der Waals surface area (Å²) < 4.78 is 17.5. The molecule has 45 heavy (non-hydrogen) atoms. The highest BCUT2D eigenvalue weighted by atomic mass is 19.1. The summed E-state index contributed by atoms with van der Waals surface area (Å²) in [5.74, 6) is 1.38. The number of hydrogen-bond acceptors (Lipinski definition) is 4. The van der Waals surface area contributed by atoms with E-state index in [4.69, 9.17) is 4.74 Å². The van der Waals surface area contributed by atoms with Gasteiger partial charge in [-0.1, -0.05) is 71.9 Å². The molecule has 2 aromatic carbocycles. The SMILES string of the molecule is CC(C)c1ccc(F)nc1.Cc1ccc(C(C)C)cc1C(=O)N1CCOCC1.Cc1ccc(C(C)C)cc1N1CCCCC1=O. The maximum absolute atomic E-state index is 12.5. The Labute approximate surface area is 270 Å². The lowest BCUT2D eigenvalue weighted by Crippen LogP contribution is -2.41. The zero-order chi connectivity index (χ0) is 33.1. The molecule has 2 aliphatic rings. The van der Waals surface area contributed by atoms with Crippen molar-refractivity contribution in [1.29, 1.82) is 0 Å². The van der Waals surface area contributed by atoms with Crippen molar-refractivity contribution in [2.45, 2.75) is 92.4 Å². The second kappa shape index (κ2) is 17.2. The third kappa shape index (κ3) is 10.5. The fourth-order valence-corrected chi connectivity index (χ4v) is 5.23. The summed E-state index contributed by atoms with van der Waals surface area (Å²) in [6.07, 6.45) is 4.43. The van der Waals surface area contributed by atoms with Crippen molar-refractivity contribution in [3.63, 3.8) is 0 Å². The number of aromatic nitrogens is 1. The Bertz CT molecular complexity index is 1400. The van der Waals surface area contributed by atoms with E-state index in [0.29, 0.717) is 50.5 Å². The summed E-state index contributed by atoms with van der Waals surface area (Å²) >= 11 is 0. The lowest BCUT2D eigenvalue weighted by Gasteiger charge is -2.29. The van der Waals surface area contributed by atoms with Gasteiger partial charge in [-0.2, -0.15) is 4.39 Å². The second-order valence-corrected chi connectivity index (χ2v) is 12.9. The lowest BCUT2D eigenvalue weighted by molar-refractivity contribution is -0.119. The van der Waals surface area contributed by atoms with Gasteiger partial charge < -0.3 is 14.5 Å². The Morgan fingerprint density at radius 3 is 1.91 bits per heavy atom. The largest absolute Gasteiger partial charge is 0.378 e. The number of carbonyl (C=O) groups excluding carboxylic acids is 2. The van der Waals surface area contributed by atoms with E-state index >= 15 is 0 Å². The molecule has 0 radical (unpaired) electrons. The maximum atomic E-state index is 12.5. The Hall–Kier alpha value is -3.58. The Balaban J connectivity index is 0.000000192. The smallest absolute Gasteiger partial charge is 0.254 e. The highest BCUT2D eigenvalue weighted by Crippen LogP contribution is 2.28. The van der Waals surface area contributed by atoms with Crippen LogP contribution in [-0.2, 0) is 9.53 Å². The van der Waals surface area contributed by atoms with Crippen LogP contribution >= 0.6 is 0 Å². The number of aryl methyl sites for hydroxylation is 2. The van der Waals surface area contributed by atoms with Gasteiger partial charge in [0.15, 0.2) is 0 Å². The van der Waals surface area contributed by atoms with Gasteiger partial charge in [-0.05, 0) is 90.5 Å². The first-order valence-electron chi connectivity index (χ1n) is 16.4. The van der Waals surface area contributed by atoms with Gasteiger partial charge in [0.2, 0.25) is 11.9 Å².